The molecule has 1 heterocycles. The van der Waals surface area contributed by atoms with E-state index >= 15 is 0 Å². The van der Waals surface area contributed by atoms with Crippen LogP contribution in [-0.4, -0.2) is 35.8 Å². The van der Waals surface area contributed by atoms with E-state index in [9.17, 15) is 0 Å². The van der Waals surface area contributed by atoms with Gasteiger partial charge in [-0.25, -0.2) is 9.97 Å². The lowest BCUT2D eigenvalue weighted by Gasteiger charge is -2.16. The molecule has 0 aliphatic carbocycles. The molecule has 1 aromatic heterocycles. The quantitative estimate of drug-likeness (QED) is 0.757. The lowest BCUT2D eigenvalue weighted by atomic mass is 10.3. The number of aryl methyl sites for hydroxylation is 1. The highest BCUT2D eigenvalue weighted by Crippen LogP contribution is 2.19. The Morgan fingerprint density at radius 1 is 1.11 bits per heavy atom. The molecular formula is C14H26N4O. The van der Waals surface area contributed by atoms with Gasteiger partial charge in [-0.2, -0.15) is 0 Å². The molecule has 19 heavy (non-hydrogen) atoms. The van der Waals surface area contributed by atoms with E-state index in [4.69, 9.17) is 4.74 Å². The first-order valence-corrected chi connectivity index (χ1v) is 7.03. The number of nitrogens with one attached hydrogen (secondary N) is 2. The monoisotopic (exact) mass is 266 g/mol. The molecule has 0 aliphatic rings. The Bertz CT molecular complexity index is 395. The second-order valence-electron chi connectivity index (χ2n) is 4.67. The van der Waals surface area contributed by atoms with Crippen molar-refractivity contribution in [2.24, 2.45) is 0 Å². The summed E-state index contributed by atoms with van der Waals surface area (Å²) >= 11 is 0. The predicted molar refractivity (Wildman–Crippen MR) is 79.9 cm³/mol. The fraction of sp³-hybridized carbons (Fsp3) is 0.714. The van der Waals surface area contributed by atoms with E-state index in [0.29, 0.717) is 0 Å². The smallest absolute Gasteiger partial charge is 0.134 e. The summed E-state index contributed by atoms with van der Waals surface area (Å²) in [5, 5.41) is 6.67. The molecule has 0 fully saturated rings. The van der Waals surface area contributed by atoms with E-state index in [0.717, 1.165) is 49.1 Å². The summed E-state index contributed by atoms with van der Waals surface area (Å²) in [5.74, 6) is 2.58. The molecule has 0 radical (unpaired) electrons. The van der Waals surface area contributed by atoms with E-state index in [1.54, 1.807) is 0 Å². The minimum Gasteiger partial charge on any atom is -0.377 e. The minimum absolute atomic E-state index is 0.173. The molecule has 0 aromatic carbocycles. The first kappa shape index (κ1) is 15.7. The zero-order chi connectivity index (χ0) is 14.3. The van der Waals surface area contributed by atoms with Crippen molar-refractivity contribution in [1.29, 1.82) is 0 Å². The van der Waals surface area contributed by atoms with E-state index in [2.05, 4.69) is 34.4 Å². The van der Waals surface area contributed by atoms with Crippen molar-refractivity contribution < 1.29 is 4.74 Å². The number of anilines is 2. The average Bonchev–Trinajstić information content (AvgIpc) is 2.38. The maximum absolute atomic E-state index is 5.51. The molecule has 5 heteroatoms. The minimum atomic E-state index is 0.173. The predicted octanol–water partition coefficient (Wildman–Crippen LogP) is 2.75. The Morgan fingerprint density at radius 3 is 2.32 bits per heavy atom. The summed E-state index contributed by atoms with van der Waals surface area (Å²) < 4.78 is 5.51. The molecule has 1 rings (SSSR count). The third kappa shape index (κ3) is 5.03. The number of rotatable bonds is 8. The highest BCUT2D eigenvalue weighted by Gasteiger charge is 2.09. The summed E-state index contributed by atoms with van der Waals surface area (Å²) in [5.41, 5.74) is 1.06. The Kier molecular flexibility index (Phi) is 6.56. The molecule has 0 saturated carbocycles. The van der Waals surface area contributed by atoms with Crippen LogP contribution in [0.5, 0.6) is 0 Å². The van der Waals surface area contributed by atoms with Crippen molar-refractivity contribution >= 4 is 11.6 Å². The number of hydrogen-bond acceptors (Lipinski definition) is 5. The van der Waals surface area contributed by atoms with Gasteiger partial charge < -0.3 is 15.4 Å². The third-order valence-corrected chi connectivity index (χ3v) is 2.81. The van der Waals surface area contributed by atoms with Crippen molar-refractivity contribution in [3.05, 3.63) is 11.4 Å². The van der Waals surface area contributed by atoms with E-state index < -0.39 is 0 Å². The van der Waals surface area contributed by atoms with E-state index in [-0.39, 0.29) is 6.10 Å². The van der Waals surface area contributed by atoms with Gasteiger partial charge in [-0.3, -0.25) is 0 Å². The second kappa shape index (κ2) is 7.94. The number of aromatic nitrogens is 2. The SMILES string of the molecule is CCCNc1nc(C)nc(NCC(C)OCC)c1C. The molecule has 0 aliphatic heterocycles. The first-order chi connectivity index (χ1) is 9.08. The molecular weight excluding hydrogens is 240 g/mol. The van der Waals surface area contributed by atoms with Crippen LogP contribution in [0.2, 0.25) is 0 Å². The van der Waals surface area contributed by atoms with Gasteiger partial charge >= 0.3 is 0 Å². The van der Waals surface area contributed by atoms with Gasteiger partial charge in [-0.1, -0.05) is 6.92 Å². The lowest BCUT2D eigenvalue weighted by Crippen LogP contribution is -2.21. The van der Waals surface area contributed by atoms with Crippen molar-refractivity contribution in [2.75, 3.05) is 30.3 Å². The van der Waals surface area contributed by atoms with Crippen LogP contribution in [0.4, 0.5) is 11.6 Å². The zero-order valence-corrected chi connectivity index (χ0v) is 12.7. The van der Waals surface area contributed by atoms with Gasteiger partial charge in [0.1, 0.15) is 17.5 Å². The number of nitrogens with zero attached hydrogens (tertiary/aromatic N) is 2. The summed E-state index contributed by atoms with van der Waals surface area (Å²) in [4.78, 5) is 8.90. The molecule has 1 unspecified atom stereocenters. The summed E-state index contributed by atoms with van der Waals surface area (Å²) in [6, 6.07) is 0. The van der Waals surface area contributed by atoms with Crippen LogP contribution in [-0.2, 0) is 4.74 Å². The maximum Gasteiger partial charge on any atom is 0.134 e. The summed E-state index contributed by atoms with van der Waals surface area (Å²) in [7, 11) is 0. The standard InChI is InChI=1S/C14H26N4O/c1-6-8-15-13-11(4)14(18-12(5)17-13)16-9-10(3)19-7-2/h10H,6-9H2,1-5H3,(H2,15,16,17,18). The molecule has 108 valence electrons. The van der Waals surface area contributed by atoms with Gasteiger partial charge in [0.25, 0.3) is 0 Å². The fourth-order valence-electron chi connectivity index (χ4n) is 1.80. The summed E-state index contributed by atoms with van der Waals surface area (Å²) in [6.07, 6.45) is 1.25. The van der Waals surface area contributed by atoms with Crippen LogP contribution < -0.4 is 10.6 Å². The van der Waals surface area contributed by atoms with Crippen LogP contribution in [0, 0.1) is 13.8 Å². The van der Waals surface area contributed by atoms with Gasteiger partial charge in [-0.15, -0.1) is 0 Å². The number of hydrogen-bond donors (Lipinski definition) is 2. The first-order valence-electron chi connectivity index (χ1n) is 7.03. The molecule has 5 nitrogen and oxygen atoms in total. The largest absolute Gasteiger partial charge is 0.377 e. The van der Waals surface area contributed by atoms with Gasteiger partial charge in [0.2, 0.25) is 0 Å². The van der Waals surface area contributed by atoms with Gasteiger partial charge in [0, 0.05) is 25.3 Å². The van der Waals surface area contributed by atoms with Crippen molar-refractivity contribution in [3.63, 3.8) is 0 Å². The van der Waals surface area contributed by atoms with Crippen molar-refractivity contribution in [3.8, 4) is 0 Å². The van der Waals surface area contributed by atoms with Crippen molar-refractivity contribution in [2.45, 2.75) is 47.1 Å². The zero-order valence-electron chi connectivity index (χ0n) is 12.7. The van der Waals surface area contributed by atoms with Crippen LogP contribution in [0.15, 0.2) is 0 Å². The molecule has 2 N–H and O–H groups in total. The van der Waals surface area contributed by atoms with Gasteiger partial charge in [0.05, 0.1) is 6.10 Å². The molecule has 1 aromatic rings. The van der Waals surface area contributed by atoms with Gasteiger partial charge in [0.15, 0.2) is 0 Å². The number of ether oxygens (including phenoxy) is 1. The molecule has 1 atom stereocenters. The van der Waals surface area contributed by atoms with Crippen LogP contribution in [0.25, 0.3) is 0 Å². The van der Waals surface area contributed by atoms with Crippen LogP contribution in [0.1, 0.15) is 38.6 Å². The lowest BCUT2D eigenvalue weighted by molar-refractivity contribution is 0.0854. The molecule has 0 bridgehead atoms. The third-order valence-electron chi connectivity index (χ3n) is 2.81. The van der Waals surface area contributed by atoms with Gasteiger partial charge in [-0.05, 0) is 34.1 Å². The normalized spacial score (nSPS) is 12.3. The average molecular weight is 266 g/mol. The molecule has 0 amide bonds. The Balaban J connectivity index is 2.74. The Morgan fingerprint density at radius 2 is 1.74 bits per heavy atom. The highest BCUT2D eigenvalue weighted by molar-refractivity contribution is 5.57. The van der Waals surface area contributed by atoms with E-state index in [1.807, 2.05) is 20.8 Å². The Labute approximate surface area is 116 Å². The van der Waals surface area contributed by atoms with Crippen LogP contribution in [0.3, 0.4) is 0 Å². The van der Waals surface area contributed by atoms with E-state index in [1.165, 1.54) is 0 Å². The van der Waals surface area contributed by atoms with Crippen molar-refractivity contribution in [1.82, 2.24) is 9.97 Å². The molecule has 0 spiro atoms. The molecule has 0 saturated heterocycles. The fourth-order valence-corrected chi connectivity index (χ4v) is 1.80. The topological polar surface area (TPSA) is 59.1 Å². The highest BCUT2D eigenvalue weighted by atomic mass is 16.5. The summed E-state index contributed by atoms with van der Waals surface area (Å²) in [6.45, 7) is 12.5. The maximum atomic E-state index is 5.51. The van der Waals surface area contributed by atoms with Crippen LogP contribution >= 0.6 is 0 Å². The Hall–Kier alpha value is -1.36. The second-order valence-corrected chi connectivity index (χ2v) is 4.67.